The molecule has 5 rings (SSSR count). The van der Waals surface area contributed by atoms with E-state index in [1.165, 1.54) is 24.3 Å². The lowest BCUT2D eigenvalue weighted by atomic mass is 10.1. The molecule has 0 spiro atoms. The first-order valence-electron chi connectivity index (χ1n) is 10.4. The number of anilines is 2. The van der Waals surface area contributed by atoms with E-state index in [0.29, 0.717) is 27.8 Å². The quantitative estimate of drug-likeness (QED) is 0.349. The van der Waals surface area contributed by atoms with Gasteiger partial charge in [-0.05, 0) is 48.5 Å². The first kappa shape index (κ1) is 21.6. The van der Waals surface area contributed by atoms with Gasteiger partial charge in [0.2, 0.25) is 5.76 Å². The number of nitriles is 1. The van der Waals surface area contributed by atoms with E-state index < -0.39 is 30.3 Å². The molecule has 0 radical (unpaired) electrons. The van der Waals surface area contributed by atoms with Crippen molar-refractivity contribution >= 4 is 46.0 Å². The number of esters is 1. The van der Waals surface area contributed by atoms with Gasteiger partial charge in [-0.3, -0.25) is 14.4 Å². The SMILES string of the molecule is N#Cc1oc2ccccc2c1NC(=O)COC(=O)c1ccc(N2C(=O)c3ccccc3C2=O)cc1. The first-order valence-corrected chi connectivity index (χ1v) is 10.4. The van der Waals surface area contributed by atoms with Gasteiger partial charge in [0.15, 0.2) is 6.61 Å². The molecule has 0 bridgehead atoms. The molecule has 0 saturated heterocycles. The van der Waals surface area contributed by atoms with Crippen molar-refractivity contribution in [2.24, 2.45) is 0 Å². The van der Waals surface area contributed by atoms with Crippen LogP contribution in [0.5, 0.6) is 0 Å². The number of nitrogens with zero attached hydrogens (tertiary/aromatic N) is 2. The van der Waals surface area contributed by atoms with Crippen LogP contribution in [0.25, 0.3) is 11.0 Å². The van der Waals surface area contributed by atoms with Gasteiger partial charge < -0.3 is 14.5 Å². The van der Waals surface area contributed by atoms with Gasteiger partial charge in [0.1, 0.15) is 17.3 Å². The minimum atomic E-state index is -0.772. The Bertz CT molecular complexity index is 1530. The van der Waals surface area contributed by atoms with E-state index in [9.17, 15) is 24.4 Å². The third kappa shape index (κ3) is 3.79. The molecule has 1 aromatic heterocycles. The van der Waals surface area contributed by atoms with Gasteiger partial charge >= 0.3 is 5.97 Å². The van der Waals surface area contributed by atoms with Crippen molar-refractivity contribution in [2.75, 3.05) is 16.8 Å². The van der Waals surface area contributed by atoms with Gasteiger partial charge in [-0.1, -0.05) is 24.3 Å². The molecule has 0 aliphatic carbocycles. The van der Waals surface area contributed by atoms with Crippen molar-refractivity contribution in [3.63, 3.8) is 0 Å². The first-order chi connectivity index (χ1) is 17.0. The highest BCUT2D eigenvalue weighted by Gasteiger charge is 2.36. The molecule has 35 heavy (non-hydrogen) atoms. The summed E-state index contributed by atoms with van der Waals surface area (Å²) < 4.78 is 10.5. The Kier molecular flexibility index (Phi) is 5.31. The van der Waals surface area contributed by atoms with Crippen LogP contribution < -0.4 is 10.2 Å². The molecular formula is C26H15N3O6. The Morgan fingerprint density at radius 1 is 0.914 bits per heavy atom. The number of furan rings is 1. The standard InChI is InChI=1S/C26H15N3O6/c27-13-21-23(19-7-3-4-8-20(19)35-21)28-22(30)14-34-26(33)15-9-11-16(12-10-15)29-24(31)17-5-1-2-6-18(17)25(29)32/h1-12H,14H2,(H,28,30). The maximum absolute atomic E-state index is 12.6. The van der Waals surface area contributed by atoms with E-state index in [-0.39, 0.29) is 17.0 Å². The highest BCUT2D eigenvalue weighted by molar-refractivity contribution is 6.34. The molecule has 0 saturated carbocycles. The number of ether oxygens (including phenoxy) is 1. The molecule has 1 N–H and O–H groups in total. The number of rotatable bonds is 5. The topological polar surface area (TPSA) is 130 Å². The second kappa shape index (κ2) is 8.61. The van der Waals surface area contributed by atoms with Crippen LogP contribution in [0.4, 0.5) is 11.4 Å². The number of nitrogens with one attached hydrogen (secondary N) is 1. The number of hydrogen-bond acceptors (Lipinski definition) is 7. The van der Waals surface area contributed by atoms with Crippen LogP contribution >= 0.6 is 0 Å². The lowest BCUT2D eigenvalue weighted by molar-refractivity contribution is -0.119. The molecule has 0 fully saturated rings. The maximum Gasteiger partial charge on any atom is 0.338 e. The fourth-order valence-electron chi connectivity index (χ4n) is 3.81. The van der Waals surface area contributed by atoms with E-state index in [2.05, 4.69) is 5.32 Å². The van der Waals surface area contributed by atoms with Crippen LogP contribution in [0.2, 0.25) is 0 Å². The fraction of sp³-hybridized carbons (Fsp3) is 0.0385. The Labute approximate surface area is 198 Å². The van der Waals surface area contributed by atoms with Gasteiger partial charge in [-0.15, -0.1) is 0 Å². The van der Waals surface area contributed by atoms with E-state index >= 15 is 0 Å². The molecule has 9 nitrogen and oxygen atoms in total. The number of para-hydroxylation sites is 1. The monoisotopic (exact) mass is 465 g/mol. The Morgan fingerprint density at radius 3 is 2.20 bits per heavy atom. The Morgan fingerprint density at radius 2 is 1.54 bits per heavy atom. The van der Waals surface area contributed by atoms with Gasteiger partial charge in [0, 0.05) is 5.39 Å². The van der Waals surface area contributed by atoms with Crippen LogP contribution in [0.1, 0.15) is 36.8 Å². The van der Waals surface area contributed by atoms with Gasteiger partial charge in [0.05, 0.1) is 22.4 Å². The van der Waals surface area contributed by atoms with Crippen molar-refractivity contribution in [1.29, 1.82) is 5.26 Å². The molecule has 2 heterocycles. The molecule has 0 unspecified atom stereocenters. The van der Waals surface area contributed by atoms with Crippen molar-refractivity contribution in [3.05, 3.63) is 95.2 Å². The van der Waals surface area contributed by atoms with Gasteiger partial charge in [-0.25, -0.2) is 9.69 Å². The lowest BCUT2D eigenvalue weighted by Gasteiger charge is -2.14. The molecular weight excluding hydrogens is 450 g/mol. The average Bonchev–Trinajstić information content (AvgIpc) is 3.37. The van der Waals surface area contributed by atoms with Crippen LogP contribution in [0.3, 0.4) is 0 Å². The number of imide groups is 1. The van der Waals surface area contributed by atoms with Crippen molar-refractivity contribution in [3.8, 4) is 6.07 Å². The third-order valence-corrected chi connectivity index (χ3v) is 5.45. The zero-order valence-electron chi connectivity index (χ0n) is 18.0. The maximum atomic E-state index is 12.6. The molecule has 4 aromatic rings. The minimum absolute atomic E-state index is 0.0605. The number of carbonyl (C=O) groups is 4. The second-order valence-electron chi connectivity index (χ2n) is 7.58. The Balaban J connectivity index is 1.24. The summed E-state index contributed by atoms with van der Waals surface area (Å²) in [4.78, 5) is 51.0. The van der Waals surface area contributed by atoms with Crippen molar-refractivity contribution in [2.45, 2.75) is 0 Å². The van der Waals surface area contributed by atoms with Crippen LogP contribution in [0, 0.1) is 11.3 Å². The molecule has 3 aromatic carbocycles. The Hall–Kier alpha value is -5.23. The van der Waals surface area contributed by atoms with Gasteiger partial charge in [-0.2, -0.15) is 5.26 Å². The normalized spacial score (nSPS) is 12.4. The number of carbonyl (C=O) groups excluding carboxylic acids is 4. The smallest absolute Gasteiger partial charge is 0.338 e. The van der Waals surface area contributed by atoms with Crippen molar-refractivity contribution < 1.29 is 28.3 Å². The van der Waals surface area contributed by atoms with E-state index in [0.717, 1.165) is 4.90 Å². The van der Waals surface area contributed by atoms with Crippen LogP contribution in [0.15, 0.2) is 77.2 Å². The largest absolute Gasteiger partial charge is 0.452 e. The fourth-order valence-corrected chi connectivity index (χ4v) is 3.81. The van der Waals surface area contributed by atoms with E-state index in [4.69, 9.17) is 9.15 Å². The summed E-state index contributed by atoms with van der Waals surface area (Å²) in [5.74, 6) is -2.37. The zero-order chi connectivity index (χ0) is 24.5. The highest BCUT2D eigenvalue weighted by atomic mass is 16.5. The predicted molar refractivity (Wildman–Crippen MR) is 124 cm³/mol. The van der Waals surface area contributed by atoms with E-state index in [1.54, 1.807) is 48.5 Å². The van der Waals surface area contributed by atoms with Gasteiger partial charge in [0.25, 0.3) is 17.7 Å². The zero-order valence-corrected chi connectivity index (χ0v) is 18.0. The molecule has 3 amide bonds. The summed E-state index contributed by atoms with van der Waals surface area (Å²) in [5.41, 5.74) is 1.71. The lowest BCUT2D eigenvalue weighted by Crippen LogP contribution is -2.29. The molecule has 1 aliphatic heterocycles. The van der Waals surface area contributed by atoms with Crippen LogP contribution in [-0.2, 0) is 9.53 Å². The van der Waals surface area contributed by atoms with Crippen molar-refractivity contribution in [1.82, 2.24) is 0 Å². The van der Waals surface area contributed by atoms with Crippen LogP contribution in [-0.4, -0.2) is 30.3 Å². The number of benzene rings is 3. The molecule has 1 aliphatic rings. The molecule has 170 valence electrons. The summed E-state index contributed by atoms with van der Waals surface area (Å²) >= 11 is 0. The summed E-state index contributed by atoms with van der Waals surface area (Å²) in [6.07, 6.45) is 0. The minimum Gasteiger partial charge on any atom is -0.452 e. The average molecular weight is 465 g/mol. The second-order valence-corrected chi connectivity index (χ2v) is 7.58. The predicted octanol–water partition coefficient (Wildman–Crippen LogP) is 3.90. The number of hydrogen-bond donors (Lipinski definition) is 1. The number of fused-ring (bicyclic) bond motifs is 2. The summed E-state index contributed by atoms with van der Waals surface area (Å²) in [5, 5.41) is 12.3. The third-order valence-electron chi connectivity index (χ3n) is 5.45. The molecule has 9 heteroatoms. The van der Waals surface area contributed by atoms with E-state index in [1.807, 2.05) is 6.07 Å². The number of amides is 3. The molecule has 0 atom stereocenters. The highest BCUT2D eigenvalue weighted by Crippen LogP contribution is 2.30. The summed E-state index contributed by atoms with van der Waals surface area (Å²) in [7, 11) is 0. The summed E-state index contributed by atoms with van der Waals surface area (Å²) in [6, 6.07) is 20.9. The summed E-state index contributed by atoms with van der Waals surface area (Å²) in [6.45, 7) is -0.594.